The molecule has 0 bridgehead atoms. The van der Waals surface area contributed by atoms with Gasteiger partial charge >= 0.3 is 5.97 Å². The zero-order valence-electron chi connectivity index (χ0n) is 8.40. The molecule has 16 heavy (non-hydrogen) atoms. The molecular weight excluding hydrogens is 274 g/mol. The maximum Gasteiger partial charge on any atom is 0.359 e. The van der Waals surface area contributed by atoms with Gasteiger partial charge in [0.15, 0.2) is 5.76 Å². The molecule has 1 aromatic heterocycles. The van der Waals surface area contributed by atoms with Crippen LogP contribution in [0.4, 0.5) is 0 Å². The summed E-state index contributed by atoms with van der Waals surface area (Å²) in [5, 5.41) is 12.4. The van der Waals surface area contributed by atoms with Crippen LogP contribution in [0.5, 0.6) is 0 Å². The average Bonchev–Trinajstić information content (AvgIpc) is 2.61. The van der Waals surface area contributed by atoms with Crippen molar-refractivity contribution in [2.24, 2.45) is 0 Å². The number of rotatable bonds is 2. The van der Waals surface area contributed by atoms with Crippen LogP contribution >= 0.6 is 15.9 Å². The van der Waals surface area contributed by atoms with Crippen molar-refractivity contribution in [3.63, 3.8) is 0 Å². The first-order chi connectivity index (χ1) is 7.61. The molecule has 0 atom stereocenters. The molecule has 0 spiro atoms. The molecule has 5 heteroatoms. The molecule has 0 fully saturated rings. The van der Waals surface area contributed by atoms with Crippen LogP contribution in [0.1, 0.15) is 16.1 Å². The van der Waals surface area contributed by atoms with E-state index in [0.29, 0.717) is 10.2 Å². The molecule has 2 aromatic rings. The maximum atomic E-state index is 10.8. The van der Waals surface area contributed by atoms with Gasteiger partial charge in [0.2, 0.25) is 5.69 Å². The van der Waals surface area contributed by atoms with Crippen LogP contribution in [0.3, 0.4) is 0 Å². The summed E-state index contributed by atoms with van der Waals surface area (Å²) in [6.45, 7) is 1.92. The van der Waals surface area contributed by atoms with Crippen LogP contribution in [-0.4, -0.2) is 16.2 Å². The Morgan fingerprint density at radius 1 is 1.44 bits per heavy atom. The number of aromatic nitrogens is 1. The number of carboxylic acids is 1. The molecule has 4 nitrogen and oxygen atoms in total. The first-order valence-corrected chi connectivity index (χ1v) is 5.35. The van der Waals surface area contributed by atoms with Crippen molar-refractivity contribution in [3.8, 4) is 11.3 Å². The number of halogens is 1. The minimum absolute atomic E-state index is 0.113. The number of benzene rings is 1. The number of carboxylic acid groups (broad SMARTS) is 1. The summed E-state index contributed by atoms with van der Waals surface area (Å²) in [6, 6.07) is 7.54. The number of carbonyl (C=O) groups is 1. The van der Waals surface area contributed by atoms with E-state index < -0.39 is 5.97 Å². The summed E-state index contributed by atoms with van der Waals surface area (Å²) in [7, 11) is 0. The molecule has 0 aliphatic carbocycles. The molecule has 1 aromatic carbocycles. The Bertz CT molecular complexity index is 548. The Kier molecular flexibility index (Phi) is 2.78. The number of hydrogen-bond acceptors (Lipinski definition) is 3. The van der Waals surface area contributed by atoms with Crippen molar-refractivity contribution < 1.29 is 14.4 Å². The lowest BCUT2D eigenvalue weighted by Gasteiger charge is -2.00. The van der Waals surface area contributed by atoms with E-state index in [0.717, 1.165) is 11.1 Å². The third-order valence-corrected chi connectivity index (χ3v) is 2.96. The monoisotopic (exact) mass is 281 g/mol. The van der Waals surface area contributed by atoms with Crippen LogP contribution in [0, 0.1) is 6.92 Å². The van der Waals surface area contributed by atoms with Crippen LogP contribution in [0.15, 0.2) is 33.3 Å². The van der Waals surface area contributed by atoms with Gasteiger partial charge in [-0.3, -0.25) is 0 Å². The van der Waals surface area contributed by atoms with Gasteiger partial charge < -0.3 is 9.63 Å². The lowest BCUT2D eigenvalue weighted by molar-refractivity contribution is 0.0685. The molecule has 0 amide bonds. The van der Waals surface area contributed by atoms with Crippen molar-refractivity contribution in [1.82, 2.24) is 5.16 Å². The molecule has 0 saturated carbocycles. The zero-order chi connectivity index (χ0) is 11.7. The average molecular weight is 282 g/mol. The molecule has 1 heterocycles. The van der Waals surface area contributed by atoms with E-state index in [1.165, 1.54) is 0 Å². The number of aromatic carboxylic acids is 1. The Hall–Kier alpha value is -1.62. The van der Waals surface area contributed by atoms with Gasteiger partial charge in [-0.1, -0.05) is 29.4 Å². The molecule has 0 saturated heterocycles. The second kappa shape index (κ2) is 4.09. The smallest absolute Gasteiger partial charge is 0.359 e. The van der Waals surface area contributed by atoms with E-state index in [9.17, 15) is 4.79 Å². The van der Waals surface area contributed by atoms with Crippen molar-refractivity contribution >= 4 is 21.9 Å². The summed E-state index contributed by atoms with van der Waals surface area (Å²) >= 11 is 3.19. The van der Waals surface area contributed by atoms with Crippen LogP contribution in [0.25, 0.3) is 11.3 Å². The fourth-order valence-electron chi connectivity index (χ4n) is 1.41. The Balaban J connectivity index is 2.58. The van der Waals surface area contributed by atoms with E-state index >= 15 is 0 Å². The largest absolute Gasteiger partial charge is 0.476 e. The van der Waals surface area contributed by atoms with Gasteiger partial charge in [-0.05, 0) is 28.4 Å². The topological polar surface area (TPSA) is 63.3 Å². The fourth-order valence-corrected chi connectivity index (χ4v) is 1.93. The van der Waals surface area contributed by atoms with E-state index in [4.69, 9.17) is 9.63 Å². The first-order valence-electron chi connectivity index (χ1n) is 4.55. The SMILES string of the molecule is Cc1ccccc1-c1onc(C(=O)O)c1Br. The molecule has 0 radical (unpaired) electrons. The predicted octanol–water partition coefficient (Wildman–Crippen LogP) is 3.11. The summed E-state index contributed by atoms with van der Waals surface area (Å²) in [4.78, 5) is 10.8. The standard InChI is InChI=1S/C11H8BrNO3/c1-6-4-2-3-5-7(6)10-8(12)9(11(14)15)13-16-10/h2-5H,1H3,(H,14,15). The van der Waals surface area contributed by atoms with Crippen molar-refractivity contribution in [1.29, 1.82) is 0 Å². The Morgan fingerprint density at radius 3 is 2.69 bits per heavy atom. The predicted molar refractivity (Wildman–Crippen MR) is 61.3 cm³/mol. The van der Waals surface area contributed by atoms with Gasteiger partial charge in [-0.25, -0.2) is 4.79 Å². The van der Waals surface area contributed by atoms with E-state index in [1.54, 1.807) is 0 Å². The van der Waals surface area contributed by atoms with Gasteiger partial charge in [0.1, 0.15) is 4.47 Å². The van der Waals surface area contributed by atoms with E-state index in [1.807, 2.05) is 31.2 Å². The van der Waals surface area contributed by atoms with Crippen LogP contribution < -0.4 is 0 Å². The summed E-state index contributed by atoms with van der Waals surface area (Å²) in [6.07, 6.45) is 0. The molecule has 0 aliphatic heterocycles. The lowest BCUT2D eigenvalue weighted by Crippen LogP contribution is -1.96. The fraction of sp³-hybridized carbons (Fsp3) is 0.0909. The third kappa shape index (κ3) is 1.74. The Labute approximate surface area is 100 Å². The summed E-state index contributed by atoms with van der Waals surface area (Å²) in [5.41, 5.74) is 1.71. The van der Waals surface area contributed by atoms with E-state index in [2.05, 4.69) is 21.1 Å². The minimum atomic E-state index is -1.12. The molecule has 82 valence electrons. The first kappa shape index (κ1) is 10.9. The quantitative estimate of drug-likeness (QED) is 0.919. The molecule has 0 aliphatic rings. The highest BCUT2D eigenvalue weighted by atomic mass is 79.9. The lowest BCUT2D eigenvalue weighted by atomic mass is 10.1. The molecule has 0 unspecified atom stereocenters. The Morgan fingerprint density at radius 2 is 2.12 bits per heavy atom. The summed E-state index contributed by atoms with van der Waals surface area (Å²) < 4.78 is 5.42. The van der Waals surface area contributed by atoms with Crippen LogP contribution in [-0.2, 0) is 0 Å². The van der Waals surface area contributed by atoms with Crippen molar-refractivity contribution in [3.05, 3.63) is 40.0 Å². The molecular formula is C11H8BrNO3. The number of nitrogens with zero attached hydrogens (tertiary/aromatic N) is 1. The van der Waals surface area contributed by atoms with Gasteiger partial charge in [0.25, 0.3) is 0 Å². The van der Waals surface area contributed by atoms with Gasteiger partial charge in [-0.2, -0.15) is 0 Å². The molecule has 2 rings (SSSR count). The highest BCUT2D eigenvalue weighted by Crippen LogP contribution is 2.32. The van der Waals surface area contributed by atoms with Gasteiger partial charge in [0, 0.05) is 5.56 Å². The highest BCUT2D eigenvalue weighted by Gasteiger charge is 2.21. The second-order valence-electron chi connectivity index (χ2n) is 3.29. The normalized spacial score (nSPS) is 10.4. The third-order valence-electron chi connectivity index (χ3n) is 2.23. The van der Waals surface area contributed by atoms with Crippen molar-refractivity contribution in [2.45, 2.75) is 6.92 Å². The van der Waals surface area contributed by atoms with Crippen molar-refractivity contribution in [2.75, 3.05) is 0 Å². The van der Waals surface area contributed by atoms with E-state index in [-0.39, 0.29) is 5.69 Å². The molecule has 1 N–H and O–H groups in total. The zero-order valence-corrected chi connectivity index (χ0v) is 9.98. The number of aryl methyl sites for hydroxylation is 1. The number of hydrogen-bond donors (Lipinski definition) is 1. The minimum Gasteiger partial charge on any atom is -0.476 e. The maximum absolute atomic E-state index is 10.8. The van der Waals surface area contributed by atoms with Gasteiger partial charge in [-0.15, -0.1) is 0 Å². The summed E-state index contributed by atoms with van der Waals surface area (Å²) in [5.74, 6) is -0.675. The van der Waals surface area contributed by atoms with Crippen LogP contribution in [0.2, 0.25) is 0 Å². The highest BCUT2D eigenvalue weighted by molar-refractivity contribution is 9.10. The second-order valence-corrected chi connectivity index (χ2v) is 4.09. The van der Waals surface area contributed by atoms with Gasteiger partial charge in [0.05, 0.1) is 0 Å².